The third-order valence-corrected chi connectivity index (χ3v) is 5.26. The van der Waals surface area contributed by atoms with E-state index in [4.69, 9.17) is 4.98 Å². The number of thiazole rings is 1. The molecule has 1 aliphatic carbocycles. The van der Waals surface area contributed by atoms with E-state index in [-0.39, 0.29) is 0 Å². The minimum Gasteiger partial charge on any atom is -0.311 e. The van der Waals surface area contributed by atoms with Crippen molar-refractivity contribution in [1.82, 2.24) is 10.3 Å². The first-order valence-electron chi connectivity index (χ1n) is 6.69. The molecule has 18 heavy (non-hydrogen) atoms. The molecule has 0 bridgehead atoms. The Balaban J connectivity index is 1.74. The maximum absolute atomic E-state index is 4.91. The smallest absolute Gasteiger partial charge is 0.101 e. The van der Waals surface area contributed by atoms with Gasteiger partial charge in [-0.15, -0.1) is 11.3 Å². The third kappa shape index (κ3) is 1.62. The fourth-order valence-corrected chi connectivity index (χ4v) is 4.34. The molecular formula is C15H16N2S. The van der Waals surface area contributed by atoms with Crippen LogP contribution in [-0.2, 0) is 19.4 Å². The second-order valence-electron chi connectivity index (χ2n) is 5.14. The summed E-state index contributed by atoms with van der Waals surface area (Å²) in [4.78, 5) is 6.37. The summed E-state index contributed by atoms with van der Waals surface area (Å²) in [5.41, 5.74) is 4.38. The Labute approximate surface area is 111 Å². The quantitative estimate of drug-likeness (QED) is 0.848. The molecule has 0 radical (unpaired) electrons. The van der Waals surface area contributed by atoms with E-state index in [1.807, 2.05) is 11.3 Å². The molecular weight excluding hydrogens is 240 g/mol. The van der Waals surface area contributed by atoms with E-state index in [1.54, 1.807) is 0 Å². The van der Waals surface area contributed by atoms with Crippen LogP contribution in [0.5, 0.6) is 0 Å². The van der Waals surface area contributed by atoms with Crippen molar-refractivity contribution < 1.29 is 0 Å². The van der Waals surface area contributed by atoms with Crippen molar-refractivity contribution in [3.05, 3.63) is 51.0 Å². The number of aromatic nitrogens is 1. The summed E-state index contributed by atoms with van der Waals surface area (Å²) >= 11 is 1.92. The minimum atomic E-state index is 0.553. The van der Waals surface area contributed by atoms with Gasteiger partial charge in [-0.3, -0.25) is 0 Å². The molecule has 0 spiro atoms. The molecule has 0 fully saturated rings. The highest BCUT2D eigenvalue weighted by molar-refractivity contribution is 7.11. The molecule has 1 aromatic carbocycles. The molecule has 2 aliphatic rings. The van der Waals surface area contributed by atoms with Gasteiger partial charge in [0.25, 0.3) is 0 Å². The zero-order valence-electron chi connectivity index (χ0n) is 10.3. The zero-order valence-corrected chi connectivity index (χ0v) is 11.1. The number of hydrogen-bond acceptors (Lipinski definition) is 3. The summed E-state index contributed by atoms with van der Waals surface area (Å²) in [5.74, 6) is 0.553. The summed E-state index contributed by atoms with van der Waals surface area (Å²) in [6.07, 6.45) is 3.54. The number of rotatable bonds is 1. The molecule has 1 atom stereocenters. The van der Waals surface area contributed by atoms with Gasteiger partial charge in [0.05, 0.1) is 5.69 Å². The standard InChI is InChI=1S/C15H16N2S/c1-2-4-11-10(3-1)5-6-12(11)15-17-13-7-8-16-9-14(13)18-15/h1-4,12,16H,5-9H2. The van der Waals surface area contributed by atoms with Gasteiger partial charge in [-0.05, 0) is 24.0 Å². The van der Waals surface area contributed by atoms with Crippen molar-refractivity contribution in [2.24, 2.45) is 0 Å². The predicted molar refractivity (Wildman–Crippen MR) is 74.1 cm³/mol. The van der Waals surface area contributed by atoms with Crippen LogP contribution in [0.3, 0.4) is 0 Å². The van der Waals surface area contributed by atoms with Crippen LogP contribution in [0.1, 0.15) is 39.0 Å². The Morgan fingerprint density at radius 2 is 2.17 bits per heavy atom. The molecule has 0 saturated heterocycles. The largest absolute Gasteiger partial charge is 0.311 e. The lowest BCUT2D eigenvalue weighted by molar-refractivity contribution is 0.641. The Bertz CT molecular complexity index is 564. The van der Waals surface area contributed by atoms with Crippen molar-refractivity contribution in [3.8, 4) is 0 Å². The lowest BCUT2D eigenvalue weighted by atomic mass is 10.0. The van der Waals surface area contributed by atoms with Gasteiger partial charge in [0.1, 0.15) is 5.01 Å². The van der Waals surface area contributed by atoms with Crippen LogP contribution in [0.4, 0.5) is 0 Å². The van der Waals surface area contributed by atoms with Gasteiger partial charge in [0, 0.05) is 30.3 Å². The summed E-state index contributed by atoms with van der Waals surface area (Å²) in [6.45, 7) is 2.10. The third-order valence-electron chi connectivity index (χ3n) is 4.05. The van der Waals surface area contributed by atoms with Gasteiger partial charge in [-0.1, -0.05) is 24.3 Å². The second kappa shape index (κ2) is 4.18. The number of aryl methyl sites for hydroxylation is 1. The highest BCUT2D eigenvalue weighted by atomic mass is 32.1. The zero-order chi connectivity index (χ0) is 11.9. The van der Waals surface area contributed by atoms with Crippen LogP contribution < -0.4 is 5.32 Å². The Kier molecular flexibility index (Phi) is 2.49. The maximum Gasteiger partial charge on any atom is 0.101 e. The molecule has 1 aromatic heterocycles. The normalized spacial score (nSPS) is 21.7. The minimum absolute atomic E-state index is 0.553. The number of hydrogen-bond donors (Lipinski definition) is 1. The molecule has 3 heteroatoms. The highest BCUT2D eigenvalue weighted by Gasteiger charge is 2.27. The lowest BCUT2D eigenvalue weighted by Crippen LogP contribution is -2.22. The van der Waals surface area contributed by atoms with E-state index in [0.29, 0.717) is 5.92 Å². The average Bonchev–Trinajstić information content (AvgIpc) is 3.02. The van der Waals surface area contributed by atoms with Crippen LogP contribution in [0.15, 0.2) is 24.3 Å². The number of benzene rings is 1. The lowest BCUT2D eigenvalue weighted by Gasteiger charge is -2.09. The molecule has 1 N–H and O–H groups in total. The summed E-state index contributed by atoms with van der Waals surface area (Å²) in [7, 11) is 0. The van der Waals surface area contributed by atoms with Crippen molar-refractivity contribution >= 4 is 11.3 Å². The highest BCUT2D eigenvalue weighted by Crippen LogP contribution is 2.40. The van der Waals surface area contributed by atoms with E-state index in [0.717, 1.165) is 19.5 Å². The van der Waals surface area contributed by atoms with E-state index < -0.39 is 0 Å². The first-order valence-corrected chi connectivity index (χ1v) is 7.50. The van der Waals surface area contributed by atoms with E-state index >= 15 is 0 Å². The molecule has 2 nitrogen and oxygen atoms in total. The summed E-state index contributed by atoms with van der Waals surface area (Å²) < 4.78 is 0. The van der Waals surface area contributed by atoms with Gasteiger partial charge in [-0.25, -0.2) is 4.98 Å². The second-order valence-corrected chi connectivity index (χ2v) is 6.25. The van der Waals surface area contributed by atoms with Crippen molar-refractivity contribution in [2.45, 2.75) is 31.7 Å². The molecule has 2 heterocycles. The van der Waals surface area contributed by atoms with Gasteiger partial charge in [-0.2, -0.15) is 0 Å². The van der Waals surface area contributed by atoms with Gasteiger partial charge in [0.2, 0.25) is 0 Å². The number of nitrogens with zero attached hydrogens (tertiary/aromatic N) is 1. The monoisotopic (exact) mass is 256 g/mol. The van der Waals surface area contributed by atoms with Gasteiger partial charge in [0.15, 0.2) is 0 Å². The van der Waals surface area contributed by atoms with Crippen LogP contribution >= 0.6 is 11.3 Å². The number of nitrogens with one attached hydrogen (secondary N) is 1. The number of fused-ring (bicyclic) bond motifs is 2. The molecule has 1 aliphatic heterocycles. The average molecular weight is 256 g/mol. The fraction of sp³-hybridized carbons (Fsp3) is 0.400. The molecule has 2 aromatic rings. The van der Waals surface area contributed by atoms with E-state index in [1.165, 1.54) is 39.5 Å². The SMILES string of the molecule is c1ccc2c(c1)CCC2c1nc2c(s1)CNCC2. The summed E-state index contributed by atoms with van der Waals surface area (Å²) in [6, 6.07) is 8.86. The van der Waals surface area contributed by atoms with Gasteiger partial charge < -0.3 is 5.32 Å². The van der Waals surface area contributed by atoms with Crippen molar-refractivity contribution in [1.29, 1.82) is 0 Å². The Hall–Kier alpha value is -1.19. The van der Waals surface area contributed by atoms with Crippen molar-refractivity contribution in [2.75, 3.05) is 6.54 Å². The van der Waals surface area contributed by atoms with Crippen LogP contribution in [0.2, 0.25) is 0 Å². The summed E-state index contributed by atoms with van der Waals surface area (Å²) in [5, 5.41) is 4.78. The van der Waals surface area contributed by atoms with Gasteiger partial charge >= 0.3 is 0 Å². The first-order chi connectivity index (χ1) is 8.92. The molecule has 1 unspecified atom stereocenters. The fourth-order valence-electron chi connectivity index (χ4n) is 3.11. The van der Waals surface area contributed by atoms with E-state index in [9.17, 15) is 0 Å². The van der Waals surface area contributed by atoms with Crippen LogP contribution in [-0.4, -0.2) is 11.5 Å². The van der Waals surface area contributed by atoms with Crippen molar-refractivity contribution in [3.63, 3.8) is 0 Å². The van der Waals surface area contributed by atoms with E-state index in [2.05, 4.69) is 29.6 Å². The van der Waals surface area contributed by atoms with Crippen LogP contribution in [0.25, 0.3) is 0 Å². The molecule has 0 amide bonds. The molecule has 4 rings (SSSR count). The molecule has 92 valence electrons. The first kappa shape index (κ1) is 10.7. The Morgan fingerprint density at radius 3 is 3.11 bits per heavy atom. The maximum atomic E-state index is 4.91. The predicted octanol–water partition coefficient (Wildman–Crippen LogP) is 2.87. The van der Waals surface area contributed by atoms with Crippen LogP contribution in [0, 0.1) is 0 Å². The molecule has 0 saturated carbocycles. The Morgan fingerprint density at radius 1 is 1.22 bits per heavy atom. The topological polar surface area (TPSA) is 24.9 Å².